The lowest BCUT2D eigenvalue weighted by molar-refractivity contribution is 0.232. The third-order valence-electron chi connectivity index (χ3n) is 4.83. The Morgan fingerprint density at radius 1 is 1.10 bits per heavy atom. The minimum Gasteiger partial charge on any atom is -0.352 e. The average molecular weight is 420 g/mol. The van der Waals surface area contributed by atoms with Crippen LogP contribution >= 0.6 is 0 Å². The van der Waals surface area contributed by atoms with Crippen molar-refractivity contribution in [3.8, 4) is 22.6 Å². The van der Waals surface area contributed by atoms with Crippen LogP contribution in [0.5, 0.6) is 0 Å². The van der Waals surface area contributed by atoms with Crippen LogP contribution < -0.4 is 16.0 Å². The standard InChI is InChI=1S/C23H29N7O/c1-23(2,3)30-22(31)26-14-13-25-21-24-12-11-17(27-21)19-18(15-7-5-4-6-8-15)28-20(29-19)16-9-10-16/h4-8,11-12,16H,9-10,13-14H2,1-3H3,(H,28,29)(H,24,25,27)(H2,26,30,31). The fraction of sp³-hybridized carbons (Fsp3) is 0.391. The Balaban J connectivity index is 1.45. The molecule has 0 aliphatic heterocycles. The number of benzene rings is 1. The Bertz CT molecular complexity index is 1040. The van der Waals surface area contributed by atoms with E-state index >= 15 is 0 Å². The number of carbonyl (C=O) groups is 1. The molecular formula is C23H29N7O. The number of amides is 2. The number of nitrogens with one attached hydrogen (secondary N) is 4. The van der Waals surface area contributed by atoms with Gasteiger partial charge < -0.3 is 20.9 Å². The first-order valence-electron chi connectivity index (χ1n) is 10.7. The molecule has 3 aromatic rings. The van der Waals surface area contributed by atoms with Crippen molar-refractivity contribution in [3.05, 3.63) is 48.4 Å². The normalized spacial score (nSPS) is 13.6. The van der Waals surface area contributed by atoms with E-state index in [1.165, 1.54) is 12.8 Å². The highest BCUT2D eigenvalue weighted by atomic mass is 16.2. The van der Waals surface area contributed by atoms with Crippen molar-refractivity contribution in [2.75, 3.05) is 18.4 Å². The number of anilines is 1. The maximum Gasteiger partial charge on any atom is 0.315 e. The summed E-state index contributed by atoms with van der Waals surface area (Å²) in [6.45, 7) is 6.80. The third-order valence-corrected chi connectivity index (χ3v) is 4.83. The zero-order chi connectivity index (χ0) is 21.8. The van der Waals surface area contributed by atoms with Crippen molar-refractivity contribution in [3.63, 3.8) is 0 Å². The average Bonchev–Trinajstić information content (AvgIpc) is 3.49. The first-order valence-corrected chi connectivity index (χ1v) is 10.7. The van der Waals surface area contributed by atoms with Gasteiger partial charge in [0.15, 0.2) is 0 Å². The van der Waals surface area contributed by atoms with Gasteiger partial charge in [-0.1, -0.05) is 30.3 Å². The number of H-pyrrole nitrogens is 1. The van der Waals surface area contributed by atoms with E-state index in [0.29, 0.717) is 25.0 Å². The van der Waals surface area contributed by atoms with Crippen molar-refractivity contribution >= 4 is 12.0 Å². The Morgan fingerprint density at radius 3 is 2.58 bits per heavy atom. The molecule has 0 saturated heterocycles. The van der Waals surface area contributed by atoms with Gasteiger partial charge in [0.1, 0.15) is 5.82 Å². The van der Waals surface area contributed by atoms with E-state index in [4.69, 9.17) is 4.98 Å². The number of hydrogen-bond donors (Lipinski definition) is 4. The van der Waals surface area contributed by atoms with Crippen LogP contribution in [-0.4, -0.2) is 44.6 Å². The Hall–Kier alpha value is -3.42. The lowest BCUT2D eigenvalue weighted by atomic mass is 10.1. The van der Waals surface area contributed by atoms with Gasteiger partial charge >= 0.3 is 6.03 Å². The molecule has 8 heteroatoms. The van der Waals surface area contributed by atoms with Crippen LogP contribution in [0.3, 0.4) is 0 Å². The van der Waals surface area contributed by atoms with Crippen LogP contribution in [0.25, 0.3) is 22.6 Å². The first kappa shape index (κ1) is 20.8. The summed E-state index contributed by atoms with van der Waals surface area (Å²) in [5.41, 5.74) is 3.39. The van der Waals surface area contributed by atoms with E-state index in [9.17, 15) is 4.79 Å². The van der Waals surface area contributed by atoms with E-state index in [2.05, 4.69) is 43.0 Å². The lowest BCUT2D eigenvalue weighted by Crippen LogP contribution is -2.47. The lowest BCUT2D eigenvalue weighted by Gasteiger charge is -2.20. The topological polar surface area (TPSA) is 108 Å². The van der Waals surface area contributed by atoms with Crippen LogP contribution in [0.2, 0.25) is 0 Å². The van der Waals surface area contributed by atoms with Gasteiger partial charge in [0.25, 0.3) is 0 Å². The van der Waals surface area contributed by atoms with Gasteiger partial charge in [0.2, 0.25) is 5.95 Å². The van der Waals surface area contributed by atoms with E-state index < -0.39 is 0 Å². The molecule has 0 spiro atoms. The van der Waals surface area contributed by atoms with E-state index in [-0.39, 0.29) is 11.6 Å². The van der Waals surface area contributed by atoms with E-state index in [0.717, 1.165) is 28.5 Å². The maximum absolute atomic E-state index is 11.9. The minimum absolute atomic E-state index is 0.193. The van der Waals surface area contributed by atoms with Gasteiger partial charge in [0.05, 0.1) is 17.1 Å². The molecule has 1 aliphatic carbocycles. The quantitative estimate of drug-likeness (QED) is 0.434. The third kappa shape index (κ3) is 5.59. The van der Waals surface area contributed by atoms with Crippen molar-refractivity contribution in [1.29, 1.82) is 0 Å². The first-order chi connectivity index (χ1) is 14.9. The largest absolute Gasteiger partial charge is 0.352 e. The molecule has 2 aromatic heterocycles. The molecule has 8 nitrogen and oxygen atoms in total. The van der Waals surface area contributed by atoms with Crippen LogP contribution in [-0.2, 0) is 0 Å². The summed E-state index contributed by atoms with van der Waals surface area (Å²) in [6, 6.07) is 11.8. The number of carbonyl (C=O) groups excluding carboxylic acids is 1. The molecule has 1 aliphatic rings. The summed E-state index contributed by atoms with van der Waals surface area (Å²) in [5, 5.41) is 8.87. The summed E-state index contributed by atoms with van der Waals surface area (Å²) in [5.74, 6) is 2.05. The zero-order valence-electron chi connectivity index (χ0n) is 18.2. The molecule has 0 radical (unpaired) electrons. The summed E-state index contributed by atoms with van der Waals surface area (Å²) in [6.07, 6.45) is 4.08. The summed E-state index contributed by atoms with van der Waals surface area (Å²) in [4.78, 5) is 29.2. The second-order valence-electron chi connectivity index (χ2n) is 8.81. The molecule has 162 valence electrons. The fourth-order valence-electron chi connectivity index (χ4n) is 3.25. The molecule has 0 unspecified atom stereocenters. The minimum atomic E-state index is -0.269. The van der Waals surface area contributed by atoms with Gasteiger partial charge in [-0.15, -0.1) is 0 Å². The van der Waals surface area contributed by atoms with Crippen molar-refractivity contribution in [2.24, 2.45) is 0 Å². The highest BCUT2D eigenvalue weighted by molar-refractivity contribution is 5.77. The highest BCUT2D eigenvalue weighted by Gasteiger charge is 2.29. The van der Waals surface area contributed by atoms with Crippen molar-refractivity contribution in [2.45, 2.75) is 45.1 Å². The number of aromatic amines is 1. The molecule has 2 amide bonds. The molecule has 1 fully saturated rings. The molecule has 4 rings (SSSR count). The van der Waals surface area contributed by atoms with Crippen LogP contribution in [0, 0.1) is 0 Å². The van der Waals surface area contributed by atoms with Gasteiger partial charge in [-0.05, 0) is 39.7 Å². The Labute approximate surface area is 182 Å². The molecule has 0 atom stereocenters. The van der Waals surface area contributed by atoms with Crippen molar-refractivity contribution < 1.29 is 4.79 Å². The number of urea groups is 1. The van der Waals surface area contributed by atoms with Gasteiger partial charge in [-0.25, -0.2) is 19.7 Å². The maximum atomic E-state index is 11.9. The predicted molar refractivity (Wildman–Crippen MR) is 122 cm³/mol. The number of imidazole rings is 1. The Morgan fingerprint density at radius 2 is 1.87 bits per heavy atom. The molecule has 2 heterocycles. The second-order valence-corrected chi connectivity index (χ2v) is 8.81. The Kier molecular flexibility index (Phi) is 5.88. The molecular weight excluding hydrogens is 390 g/mol. The fourth-order valence-corrected chi connectivity index (χ4v) is 3.25. The number of hydrogen-bond acceptors (Lipinski definition) is 5. The van der Waals surface area contributed by atoms with E-state index in [1.54, 1.807) is 6.20 Å². The monoisotopic (exact) mass is 419 g/mol. The number of rotatable bonds is 7. The van der Waals surface area contributed by atoms with Crippen LogP contribution in [0.4, 0.5) is 10.7 Å². The summed E-state index contributed by atoms with van der Waals surface area (Å²) >= 11 is 0. The molecule has 31 heavy (non-hydrogen) atoms. The van der Waals surface area contributed by atoms with Gasteiger partial charge in [0, 0.05) is 36.3 Å². The molecule has 0 bridgehead atoms. The van der Waals surface area contributed by atoms with Gasteiger partial charge in [-0.2, -0.15) is 0 Å². The smallest absolute Gasteiger partial charge is 0.315 e. The number of nitrogens with zero attached hydrogens (tertiary/aromatic N) is 3. The summed E-state index contributed by atoms with van der Waals surface area (Å²) in [7, 11) is 0. The number of aromatic nitrogens is 4. The predicted octanol–water partition coefficient (Wildman–Crippen LogP) is 3.92. The second kappa shape index (κ2) is 8.75. The van der Waals surface area contributed by atoms with Crippen LogP contribution in [0.1, 0.15) is 45.4 Å². The summed E-state index contributed by atoms with van der Waals surface area (Å²) < 4.78 is 0. The van der Waals surface area contributed by atoms with Crippen molar-refractivity contribution in [1.82, 2.24) is 30.6 Å². The van der Waals surface area contributed by atoms with E-state index in [1.807, 2.05) is 45.0 Å². The zero-order valence-corrected chi connectivity index (χ0v) is 18.2. The van der Waals surface area contributed by atoms with Crippen LogP contribution in [0.15, 0.2) is 42.6 Å². The SMILES string of the molecule is CC(C)(C)NC(=O)NCCNc1nccc(-c2[nH]c(C3CC3)nc2-c2ccccc2)n1. The molecule has 4 N–H and O–H groups in total. The molecule has 1 saturated carbocycles. The highest BCUT2D eigenvalue weighted by Crippen LogP contribution is 2.41. The van der Waals surface area contributed by atoms with Gasteiger partial charge in [-0.3, -0.25) is 0 Å². The molecule has 1 aromatic carbocycles.